The van der Waals surface area contributed by atoms with Crippen molar-refractivity contribution in [2.75, 3.05) is 40.4 Å². The number of benzene rings is 1. The Bertz CT molecular complexity index is 640. The molecule has 7 heteroatoms. The largest absolute Gasteiger partial charge is 0.491 e. The molecule has 0 spiro atoms. The van der Waals surface area contributed by atoms with Gasteiger partial charge in [-0.05, 0) is 38.3 Å². The molecule has 27 heavy (non-hydrogen) atoms. The van der Waals surface area contributed by atoms with E-state index in [0.29, 0.717) is 19.1 Å². The maximum absolute atomic E-state index is 11.8. The van der Waals surface area contributed by atoms with Crippen LogP contribution in [0.2, 0.25) is 0 Å². The number of amides is 1. The van der Waals surface area contributed by atoms with E-state index in [1.165, 1.54) is 0 Å². The van der Waals surface area contributed by atoms with Gasteiger partial charge in [-0.25, -0.2) is 4.99 Å². The molecular weight excluding hydrogens is 344 g/mol. The number of nitrogens with one attached hydrogen (secondary N) is 2. The highest BCUT2D eigenvalue weighted by atomic mass is 16.5. The monoisotopic (exact) mass is 376 g/mol. The average Bonchev–Trinajstić information content (AvgIpc) is 3.16. The van der Waals surface area contributed by atoms with Gasteiger partial charge in [0.25, 0.3) is 0 Å². The second-order valence-electron chi connectivity index (χ2n) is 6.89. The molecule has 0 aliphatic carbocycles. The molecule has 7 nitrogen and oxygen atoms in total. The molecule has 1 fully saturated rings. The van der Waals surface area contributed by atoms with Crippen LogP contribution in [0, 0.1) is 6.92 Å². The Morgan fingerprint density at radius 3 is 2.85 bits per heavy atom. The van der Waals surface area contributed by atoms with Crippen molar-refractivity contribution >= 4 is 11.9 Å². The predicted molar refractivity (Wildman–Crippen MR) is 107 cm³/mol. The Labute approximate surface area is 162 Å². The Morgan fingerprint density at radius 2 is 2.19 bits per heavy atom. The van der Waals surface area contributed by atoms with E-state index in [4.69, 9.17) is 9.47 Å². The van der Waals surface area contributed by atoms with Crippen molar-refractivity contribution in [2.24, 2.45) is 4.99 Å². The van der Waals surface area contributed by atoms with E-state index in [-0.39, 0.29) is 18.6 Å². The van der Waals surface area contributed by atoms with Gasteiger partial charge in [-0.3, -0.25) is 4.79 Å². The number of ether oxygens (including phenoxy) is 2. The van der Waals surface area contributed by atoms with Crippen LogP contribution in [0.4, 0.5) is 0 Å². The summed E-state index contributed by atoms with van der Waals surface area (Å²) in [5.41, 5.74) is 2.15. The molecule has 1 aliphatic rings. The lowest BCUT2D eigenvalue weighted by Crippen LogP contribution is -2.42. The first kappa shape index (κ1) is 21.0. The van der Waals surface area contributed by atoms with Gasteiger partial charge < -0.3 is 25.0 Å². The number of rotatable bonds is 8. The lowest BCUT2D eigenvalue weighted by atomic mass is 10.1. The summed E-state index contributed by atoms with van der Waals surface area (Å²) in [6.07, 6.45) is 2.33. The number of carbonyl (C=O) groups excluding carboxylic acids is 1. The number of nitrogens with zero attached hydrogens (tertiary/aromatic N) is 2. The third-order valence-corrected chi connectivity index (χ3v) is 4.33. The van der Waals surface area contributed by atoms with Gasteiger partial charge in [0.1, 0.15) is 12.4 Å². The summed E-state index contributed by atoms with van der Waals surface area (Å²) in [4.78, 5) is 17.9. The summed E-state index contributed by atoms with van der Waals surface area (Å²) in [7, 11) is 3.47. The summed E-state index contributed by atoms with van der Waals surface area (Å²) in [5, 5.41) is 6.23. The van der Waals surface area contributed by atoms with Crippen molar-refractivity contribution in [1.82, 2.24) is 15.5 Å². The van der Waals surface area contributed by atoms with Gasteiger partial charge in [-0.15, -0.1) is 0 Å². The standard InChI is InChI=1S/C20H32N4O3/c1-5-21-20(23-13-19(25)24(3)4)22-12-16-9-8-15(2)11-18(16)27-14-17-7-6-10-26-17/h8-9,11,17H,5-7,10,12-14H2,1-4H3,(H2,21,22,23). The SMILES string of the molecule is CCNC(=NCc1ccc(C)cc1OCC1CCCO1)NCC(=O)N(C)C. The minimum atomic E-state index is -0.00322. The van der Waals surface area contributed by atoms with Gasteiger partial charge in [0.2, 0.25) is 5.91 Å². The topological polar surface area (TPSA) is 75.2 Å². The zero-order valence-corrected chi connectivity index (χ0v) is 16.9. The Hall–Kier alpha value is -2.28. The third-order valence-electron chi connectivity index (χ3n) is 4.33. The number of aryl methyl sites for hydroxylation is 1. The molecule has 1 amide bonds. The van der Waals surface area contributed by atoms with E-state index in [9.17, 15) is 4.79 Å². The van der Waals surface area contributed by atoms with E-state index < -0.39 is 0 Å². The maximum Gasteiger partial charge on any atom is 0.241 e. The van der Waals surface area contributed by atoms with Gasteiger partial charge in [0.15, 0.2) is 5.96 Å². The van der Waals surface area contributed by atoms with Crippen LogP contribution in [0.3, 0.4) is 0 Å². The second kappa shape index (κ2) is 10.8. The minimum absolute atomic E-state index is 0.00322. The lowest BCUT2D eigenvalue weighted by molar-refractivity contribution is -0.127. The Kier molecular flexibility index (Phi) is 8.39. The van der Waals surface area contributed by atoms with Crippen LogP contribution in [-0.4, -0.2) is 63.3 Å². The minimum Gasteiger partial charge on any atom is -0.491 e. The highest BCUT2D eigenvalue weighted by Gasteiger charge is 2.17. The van der Waals surface area contributed by atoms with Crippen LogP contribution >= 0.6 is 0 Å². The molecule has 1 atom stereocenters. The van der Waals surface area contributed by atoms with E-state index in [1.807, 2.05) is 26.0 Å². The first-order chi connectivity index (χ1) is 13.0. The van der Waals surface area contributed by atoms with Crippen LogP contribution < -0.4 is 15.4 Å². The van der Waals surface area contributed by atoms with Crippen LogP contribution in [0.15, 0.2) is 23.2 Å². The molecule has 0 bridgehead atoms. The third kappa shape index (κ3) is 7.09. The predicted octanol–water partition coefficient (Wildman–Crippen LogP) is 1.70. The van der Waals surface area contributed by atoms with Crippen LogP contribution in [-0.2, 0) is 16.1 Å². The zero-order valence-electron chi connectivity index (χ0n) is 16.9. The fourth-order valence-electron chi connectivity index (χ4n) is 2.71. The Balaban J connectivity index is 2.01. The maximum atomic E-state index is 11.8. The number of guanidine groups is 1. The van der Waals surface area contributed by atoms with Crippen molar-refractivity contribution in [1.29, 1.82) is 0 Å². The van der Waals surface area contributed by atoms with E-state index in [1.54, 1.807) is 19.0 Å². The summed E-state index contributed by atoms with van der Waals surface area (Å²) in [5.74, 6) is 1.45. The van der Waals surface area contributed by atoms with Gasteiger partial charge >= 0.3 is 0 Å². The Morgan fingerprint density at radius 1 is 1.37 bits per heavy atom. The number of hydrogen-bond acceptors (Lipinski definition) is 4. The van der Waals surface area contributed by atoms with Crippen molar-refractivity contribution in [3.05, 3.63) is 29.3 Å². The smallest absolute Gasteiger partial charge is 0.241 e. The molecule has 1 aliphatic heterocycles. The molecule has 1 aromatic carbocycles. The summed E-state index contributed by atoms with van der Waals surface area (Å²) in [6.45, 7) is 6.82. The molecule has 150 valence electrons. The fourth-order valence-corrected chi connectivity index (χ4v) is 2.71. The van der Waals surface area contributed by atoms with Gasteiger partial charge in [0, 0.05) is 32.8 Å². The molecule has 0 aromatic heterocycles. The molecule has 1 aromatic rings. The molecule has 2 rings (SSSR count). The van der Waals surface area contributed by atoms with Crippen LogP contribution in [0.25, 0.3) is 0 Å². The fraction of sp³-hybridized carbons (Fsp3) is 0.600. The summed E-state index contributed by atoms with van der Waals surface area (Å²) < 4.78 is 11.7. The molecule has 1 heterocycles. The molecule has 0 saturated carbocycles. The highest BCUT2D eigenvalue weighted by Crippen LogP contribution is 2.23. The number of carbonyl (C=O) groups is 1. The van der Waals surface area contributed by atoms with Crippen molar-refractivity contribution in [3.63, 3.8) is 0 Å². The number of aliphatic imine (C=N–C) groups is 1. The molecule has 1 saturated heterocycles. The number of likely N-dealkylation sites (N-methyl/N-ethyl adjacent to an activating group) is 1. The molecular formula is C20H32N4O3. The second-order valence-corrected chi connectivity index (χ2v) is 6.89. The summed E-state index contributed by atoms with van der Waals surface area (Å²) in [6, 6.07) is 6.13. The van der Waals surface area contributed by atoms with Crippen molar-refractivity contribution in [2.45, 2.75) is 39.3 Å². The van der Waals surface area contributed by atoms with Crippen LogP contribution in [0.1, 0.15) is 30.9 Å². The first-order valence-electron chi connectivity index (χ1n) is 9.56. The van der Waals surface area contributed by atoms with E-state index in [0.717, 1.165) is 42.9 Å². The van der Waals surface area contributed by atoms with Gasteiger partial charge in [-0.1, -0.05) is 12.1 Å². The lowest BCUT2D eigenvalue weighted by Gasteiger charge is -2.16. The number of hydrogen-bond donors (Lipinski definition) is 2. The first-order valence-corrected chi connectivity index (χ1v) is 9.56. The summed E-state index contributed by atoms with van der Waals surface area (Å²) >= 11 is 0. The molecule has 1 unspecified atom stereocenters. The van der Waals surface area contributed by atoms with Crippen molar-refractivity contribution in [3.8, 4) is 5.75 Å². The van der Waals surface area contributed by atoms with E-state index in [2.05, 4.69) is 21.7 Å². The normalized spacial score (nSPS) is 16.9. The zero-order chi connectivity index (χ0) is 19.6. The van der Waals surface area contributed by atoms with E-state index >= 15 is 0 Å². The van der Waals surface area contributed by atoms with Gasteiger partial charge in [-0.2, -0.15) is 0 Å². The quantitative estimate of drug-likeness (QED) is 0.534. The van der Waals surface area contributed by atoms with Crippen molar-refractivity contribution < 1.29 is 14.3 Å². The molecule has 2 N–H and O–H groups in total. The van der Waals surface area contributed by atoms with Gasteiger partial charge in [0.05, 0.1) is 19.2 Å². The average molecular weight is 377 g/mol. The molecule has 0 radical (unpaired) electrons. The highest BCUT2D eigenvalue weighted by molar-refractivity contribution is 5.86. The van der Waals surface area contributed by atoms with Crippen LogP contribution in [0.5, 0.6) is 5.75 Å².